The van der Waals surface area contributed by atoms with E-state index < -0.39 is 34.7 Å². The van der Waals surface area contributed by atoms with Crippen LogP contribution in [0.25, 0.3) is 0 Å². The Balaban J connectivity index is 1.99. The predicted molar refractivity (Wildman–Crippen MR) is 104 cm³/mol. The molecule has 1 spiro atoms. The molecular weight excluding hydrogens is 410 g/mol. The van der Waals surface area contributed by atoms with Gasteiger partial charge in [-0.05, 0) is 18.2 Å². The second-order valence-corrected chi connectivity index (χ2v) is 7.25. The molecule has 0 aromatic heterocycles. The van der Waals surface area contributed by atoms with Gasteiger partial charge in [0.1, 0.15) is 11.5 Å². The minimum atomic E-state index is -1.80. The number of fused-ring (bicyclic) bond motifs is 6. The van der Waals surface area contributed by atoms with Gasteiger partial charge in [-0.2, -0.15) is 0 Å². The zero-order valence-corrected chi connectivity index (χ0v) is 15.9. The first-order valence-electron chi connectivity index (χ1n) is 9.35. The van der Waals surface area contributed by atoms with Crippen LogP contribution in [-0.4, -0.2) is 16.2 Å². The van der Waals surface area contributed by atoms with Crippen molar-refractivity contribution in [1.29, 1.82) is 0 Å². The number of carbonyl (C=O) groups excluding carboxylic acids is 1. The maximum Gasteiger partial charge on any atom is 0.340 e. The van der Waals surface area contributed by atoms with E-state index in [1.54, 1.807) is 18.2 Å². The lowest BCUT2D eigenvalue weighted by atomic mass is 9.76. The van der Waals surface area contributed by atoms with E-state index in [1.807, 2.05) is 0 Å². The largest absolute Gasteiger partial charge is 0.504 e. The molecule has 0 radical (unpaired) electrons. The standard InChI is InChI=1S/C22H16F2N2O5/c23-15-5-13-19(10(7-25)17(15)27)30-20-11(8-26)18(28)16(24)6-14(20)22(13)12-4-2-1-3-9(12)21(29)31-22/h1-6,27-28H,7-8,25-26H2. The van der Waals surface area contributed by atoms with Crippen molar-refractivity contribution in [2.45, 2.75) is 18.7 Å². The highest BCUT2D eigenvalue weighted by Crippen LogP contribution is 2.59. The molecule has 3 aromatic rings. The number of nitrogens with two attached hydrogens (primary N) is 2. The van der Waals surface area contributed by atoms with E-state index in [9.17, 15) is 23.8 Å². The third-order valence-corrected chi connectivity index (χ3v) is 5.75. The minimum absolute atomic E-state index is 0.0297. The maximum atomic E-state index is 14.7. The van der Waals surface area contributed by atoms with Crippen molar-refractivity contribution in [3.05, 3.63) is 81.4 Å². The lowest BCUT2D eigenvalue weighted by molar-refractivity contribution is 0.0220. The van der Waals surface area contributed by atoms with Crippen LogP contribution in [0.5, 0.6) is 23.0 Å². The quantitative estimate of drug-likeness (QED) is 0.464. The molecule has 2 aliphatic heterocycles. The van der Waals surface area contributed by atoms with Gasteiger partial charge in [0.2, 0.25) is 0 Å². The molecule has 0 amide bonds. The van der Waals surface area contributed by atoms with E-state index in [2.05, 4.69) is 0 Å². The van der Waals surface area contributed by atoms with E-state index in [0.717, 1.165) is 12.1 Å². The van der Waals surface area contributed by atoms with Gasteiger partial charge in [0, 0.05) is 18.7 Å². The average molecular weight is 426 g/mol. The molecule has 0 fully saturated rings. The smallest absolute Gasteiger partial charge is 0.340 e. The van der Waals surface area contributed by atoms with Gasteiger partial charge >= 0.3 is 5.97 Å². The topological polar surface area (TPSA) is 128 Å². The van der Waals surface area contributed by atoms with Crippen molar-refractivity contribution < 1.29 is 33.3 Å². The van der Waals surface area contributed by atoms with E-state index in [-0.39, 0.29) is 52.4 Å². The van der Waals surface area contributed by atoms with Crippen LogP contribution in [-0.2, 0) is 23.4 Å². The van der Waals surface area contributed by atoms with Gasteiger partial charge in [-0.25, -0.2) is 13.6 Å². The number of carbonyl (C=O) groups is 1. The summed E-state index contributed by atoms with van der Waals surface area (Å²) in [4.78, 5) is 12.8. The van der Waals surface area contributed by atoms with Crippen LogP contribution >= 0.6 is 0 Å². The van der Waals surface area contributed by atoms with Gasteiger partial charge in [0.25, 0.3) is 0 Å². The van der Waals surface area contributed by atoms with Gasteiger partial charge in [-0.1, -0.05) is 18.2 Å². The number of esters is 1. The number of phenols is 2. The minimum Gasteiger partial charge on any atom is -0.504 e. The highest BCUT2D eigenvalue weighted by molar-refractivity contribution is 5.97. The summed E-state index contributed by atoms with van der Waals surface area (Å²) >= 11 is 0. The second-order valence-electron chi connectivity index (χ2n) is 7.25. The Labute approximate surface area is 174 Å². The number of rotatable bonds is 2. The van der Waals surface area contributed by atoms with Crippen molar-refractivity contribution in [2.75, 3.05) is 0 Å². The van der Waals surface area contributed by atoms with Crippen molar-refractivity contribution in [3.63, 3.8) is 0 Å². The lowest BCUT2D eigenvalue weighted by Crippen LogP contribution is -2.34. The Morgan fingerprint density at radius 1 is 0.871 bits per heavy atom. The second kappa shape index (κ2) is 6.40. The summed E-state index contributed by atoms with van der Waals surface area (Å²) in [6.45, 7) is -0.615. The molecule has 2 aliphatic rings. The first kappa shape index (κ1) is 19.3. The van der Waals surface area contributed by atoms with Gasteiger partial charge in [0.15, 0.2) is 28.7 Å². The number of halogens is 2. The van der Waals surface area contributed by atoms with Gasteiger partial charge in [-0.3, -0.25) is 0 Å². The summed E-state index contributed by atoms with van der Waals surface area (Å²) in [5, 5.41) is 20.5. The highest BCUT2D eigenvalue weighted by Gasteiger charge is 2.55. The van der Waals surface area contributed by atoms with Crippen LogP contribution in [0, 0.1) is 11.6 Å². The molecule has 0 saturated heterocycles. The zero-order chi connectivity index (χ0) is 22.1. The van der Waals surface area contributed by atoms with Crippen molar-refractivity contribution in [2.24, 2.45) is 11.5 Å². The van der Waals surface area contributed by atoms with E-state index in [1.165, 1.54) is 6.07 Å². The van der Waals surface area contributed by atoms with Gasteiger partial charge in [-0.15, -0.1) is 0 Å². The highest BCUT2D eigenvalue weighted by atomic mass is 19.1. The number of benzene rings is 3. The lowest BCUT2D eigenvalue weighted by Gasteiger charge is -2.38. The summed E-state index contributed by atoms with van der Waals surface area (Å²) in [6.07, 6.45) is 0. The molecule has 6 N–H and O–H groups in total. The van der Waals surface area contributed by atoms with Crippen LogP contribution in [0.1, 0.15) is 38.2 Å². The van der Waals surface area contributed by atoms with Crippen molar-refractivity contribution in [3.8, 4) is 23.0 Å². The average Bonchev–Trinajstić information content (AvgIpc) is 3.05. The van der Waals surface area contributed by atoms with Crippen LogP contribution < -0.4 is 16.2 Å². The Morgan fingerprint density at radius 2 is 1.39 bits per heavy atom. The first-order chi connectivity index (χ1) is 14.8. The summed E-state index contributed by atoms with van der Waals surface area (Å²) in [6, 6.07) is 8.34. The zero-order valence-electron chi connectivity index (χ0n) is 15.9. The van der Waals surface area contributed by atoms with Crippen LogP contribution in [0.4, 0.5) is 8.78 Å². The Morgan fingerprint density at radius 3 is 1.90 bits per heavy atom. The normalized spacial score (nSPS) is 15.2. The fourth-order valence-electron chi connectivity index (χ4n) is 4.35. The Bertz CT molecular complexity index is 1230. The monoisotopic (exact) mass is 426 g/mol. The molecule has 0 bridgehead atoms. The molecule has 7 nitrogen and oxygen atoms in total. The van der Waals surface area contributed by atoms with E-state index in [0.29, 0.717) is 5.56 Å². The molecule has 0 saturated carbocycles. The fraction of sp³-hybridized carbons (Fsp3) is 0.136. The molecule has 3 aromatic carbocycles. The van der Waals surface area contributed by atoms with Gasteiger partial charge in [0.05, 0.1) is 27.8 Å². The summed E-state index contributed by atoms with van der Waals surface area (Å²) in [7, 11) is 0. The van der Waals surface area contributed by atoms with Gasteiger partial charge < -0.3 is 31.2 Å². The molecular formula is C22H16F2N2O5. The number of ether oxygens (including phenoxy) is 2. The Kier molecular flexibility index (Phi) is 3.98. The van der Waals surface area contributed by atoms with Crippen molar-refractivity contribution >= 4 is 5.97 Å². The molecule has 2 heterocycles. The summed E-state index contributed by atoms with van der Waals surface area (Å²) < 4.78 is 41.1. The van der Waals surface area contributed by atoms with Crippen LogP contribution in [0.2, 0.25) is 0 Å². The molecule has 9 heteroatoms. The molecule has 0 aliphatic carbocycles. The molecule has 0 atom stereocenters. The third kappa shape index (κ3) is 2.30. The van der Waals surface area contributed by atoms with Crippen molar-refractivity contribution in [1.82, 2.24) is 0 Å². The van der Waals surface area contributed by atoms with Crippen LogP contribution in [0.15, 0.2) is 36.4 Å². The predicted octanol–water partition coefficient (Wildman–Crippen LogP) is 2.86. The van der Waals surface area contributed by atoms with Crippen LogP contribution in [0.3, 0.4) is 0 Å². The van der Waals surface area contributed by atoms with E-state index >= 15 is 0 Å². The maximum absolute atomic E-state index is 14.7. The number of hydrogen-bond acceptors (Lipinski definition) is 7. The fourth-order valence-corrected chi connectivity index (χ4v) is 4.35. The first-order valence-corrected chi connectivity index (χ1v) is 9.35. The number of phenolic OH excluding ortho intramolecular Hbond substituents is 2. The summed E-state index contributed by atoms with van der Waals surface area (Å²) in [5.74, 6) is -4.29. The SMILES string of the molecule is NCc1c(O)c(F)cc2c1Oc1c(cc(F)c(O)c1CN)C21OC(=O)c2ccccc21. The molecule has 31 heavy (non-hydrogen) atoms. The number of aromatic hydroxyl groups is 2. The Hall–Kier alpha value is -3.69. The molecule has 0 unspecified atom stereocenters. The van der Waals surface area contributed by atoms with E-state index in [4.69, 9.17) is 20.9 Å². The molecule has 5 rings (SSSR count). The summed E-state index contributed by atoms with van der Waals surface area (Å²) in [5.41, 5.74) is 10.1. The third-order valence-electron chi connectivity index (χ3n) is 5.75. The molecule has 158 valence electrons. The number of hydrogen-bond donors (Lipinski definition) is 4.